The first-order valence-corrected chi connectivity index (χ1v) is 6.22. The first-order valence-electron chi connectivity index (χ1n) is 6.22. The van der Waals surface area contributed by atoms with E-state index in [4.69, 9.17) is 4.74 Å². The van der Waals surface area contributed by atoms with Crippen LogP contribution in [0.2, 0.25) is 0 Å². The van der Waals surface area contributed by atoms with Gasteiger partial charge in [0.25, 0.3) is 0 Å². The Morgan fingerprint density at radius 2 is 2.19 bits per heavy atom. The lowest BCUT2D eigenvalue weighted by molar-refractivity contribution is 0.0540. The lowest BCUT2D eigenvalue weighted by Crippen LogP contribution is -2.30. The molecule has 88 valence electrons. The molecule has 0 saturated carbocycles. The SMILES string of the molecule is CC(NCC1CCCOC1)c1ccccc1. The van der Waals surface area contributed by atoms with Gasteiger partial charge in [-0.25, -0.2) is 0 Å². The maximum absolute atomic E-state index is 5.48. The van der Waals surface area contributed by atoms with E-state index in [1.54, 1.807) is 0 Å². The summed E-state index contributed by atoms with van der Waals surface area (Å²) in [7, 11) is 0. The number of benzene rings is 1. The van der Waals surface area contributed by atoms with Gasteiger partial charge >= 0.3 is 0 Å². The molecule has 1 aliphatic heterocycles. The average Bonchev–Trinajstić information content (AvgIpc) is 2.38. The second-order valence-corrected chi connectivity index (χ2v) is 4.62. The summed E-state index contributed by atoms with van der Waals surface area (Å²) in [5.74, 6) is 0.694. The fraction of sp³-hybridized carbons (Fsp3) is 0.571. The third-order valence-electron chi connectivity index (χ3n) is 3.27. The largest absolute Gasteiger partial charge is 0.381 e. The quantitative estimate of drug-likeness (QED) is 0.840. The van der Waals surface area contributed by atoms with Gasteiger partial charge in [0.15, 0.2) is 0 Å². The maximum Gasteiger partial charge on any atom is 0.0506 e. The van der Waals surface area contributed by atoms with Gasteiger partial charge in [-0.05, 0) is 31.2 Å². The van der Waals surface area contributed by atoms with Crippen molar-refractivity contribution >= 4 is 0 Å². The molecule has 1 aromatic carbocycles. The van der Waals surface area contributed by atoms with Crippen LogP contribution in [-0.2, 0) is 4.74 Å². The van der Waals surface area contributed by atoms with Gasteiger partial charge < -0.3 is 10.1 Å². The standard InChI is InChI=1S/C14H21NO/c1-12(14-7-3-2-4-8-14)15-10-13-6-5-9-16-11-13/h2-4,7-8,12-13,15H,5-6,9-11H2,1H3. The van der Waals surface area contributed by atoms with Crippen LogP contribution in [0.4, 0.5) is 0 Å². The molecule has 0 aromatic heterocycles. The molecule has 0 amide bonds. The van der Waals surface area contributed by atoms with E-state index in [2.05, 4.69) is 42.6 Å². The Morgan fingerprint density at radius 1 is 1.38 bits per heavy atom. The van der Waals surface area contributed by atoms with Crippen LogP contribution in [0.5, 0.6) is 0 Å². The van der Waals surface area contributed by atoms with Gasteiger partial charge in [0.1, 0.15) is 0 Å². The van der Waals surface area contributed by atoms with Crippen molar-refractivity contribution in [2.45, 2.75) is 25.8 Å². The summed E-state index contributed by atoms with van der Waals surface area (Å²) in [5.41, 5.74) is 1.36. The molecule has 2 unspecified atom stereocenters. The molecule has 1 fully saturated rings. The third kappa shape index (κ3) is 3.32. The number of hydrogen-bond donors (Lipinski definition) is 1. The zero-order chi connectivity index (χ0) is 11.2. The van der Waals surface area contributed by atoms with Gasteiger partial charge in [-0.15, -0.1) is 0 Å². The molecule has 1 aromatic rings. The molecule has 0 radical (unpaired) electrons. The van der Waals surface area contributed by atoms with E-state index in [-0.39, 0.29) is 0 Å². The normalized spacial score (nSPS) is 22.9. The van der Waals surface area contributed by atoms with Crippen molar-refractivity contribution in [1.29, 1.82) is 0 Å². The first-order chi connectivity index (χ1) is 7.86. The molecule has 1 heterocycles. The van der Waals surface area contributed by atoms with E-state index in [9.17, 15) is 0 Å². The molecule has 0 spiro atoms. The molecular formula is C14H21NO. The van der Waals surface area contributed by atoms with E-state index in [0.29, 0.717) is 12.0 Å². The molecule has 16 heavy (non-hydrogen) atoms. The Kier molecular flexibility index (Phi) is 4.37. The highest BCUT2D eigenvalue weighted by molar-refractivity contribution is 5.17. The van der Waals surface area contributed by atoms with E-state index >= 15 is 0 Å². The molecule has 1 saturated heterocycles. The first kappa shape index (κ1) is 11.6. The number of ether oxygens (including phenoxy) is 1. The average molecular weight is 219 g/mol. The molecule has 0 aliphatic carbocycles. The summed E-state index contributed by atoms with van der Waals surface area (Å²) in [6.07, 6.45) is 2.51. The van der Waals surface area contributed by atoms with Gasteiger partial charge in [-0.3, -0.25) is 0 Å². The van der Waals surface area contributed by atoms with Crippen molar-refractivity contribution in [3.05, 3.63) is 35.9 Å². The summed E-state index contributed by atoms with van der Waals surface area (Å²) in [6, 6.07) is 11.0. The van der Waals surface area contributed by atoms with Crippen LogP contribution in [0.1, 0.15) is 31.4 Å². The lowest BCUT2D eigenvalue weighted by Gasteiger charge is -2.24. The van der Waals surface area contributed by atoms with Gasteiger partial charge in [0.2, 0.25) is 0 Å². The fourth-order valence-electron chi connectivity index (χ4n) is 2.17. The molecule has 0 bridgehead atoms. The van der Waals surface area contributed by atoms with Gasteiger partial charge in [-0.1, -0.05) is 30.3 Å². The molecule has 1 aliphatic rings. The van der Waals surface area contributed by atoms with Crippen molar-refractivity contribution < 1.29 is 4.74 Å². The Labute approximate surface area is 98.0 Å². The van der Waals surface area contributed by atoms with E-state index in [0.717, 1.165) is 19.8 Å². The number of hydrogen-bond acceptors (Lipinski definition) is 2. The van der Waals surface area contributed by atoms with Crippen LogP contribution in [0, 0.1) is 5.92 Å². The van der Waals surface area contributed by atoms with Gasteiger partial charge in [0, 0.05) is 19.2 Å². The van der Waals surface area contributed by atoms with Crippen LogP contribution >= 0.6 is 0 Å². The summed E-state index contributed by atoms with van der Waals surface area (Å²) in [4.78, 5) is 0. The van der Waals surface area contributed by atoms with E-state index in [1.165, 1.54) is 18.4 Å². The Hall–Kier alpha value is -0.860. The van der Waals surface area contributed by atoms with Crippen molar-refractivity contribution in [3.63, 3.8) is 0 Å². The second-order valence-electron chi connectivity index (χ2n) is 4.62. The van der Waals surface area contributed by atoms with Crippen LogP contribution in [0.25, 0.3) is 0 Å². The van der Waals surface area contributed by atoms with Gasteiger partial charge in [0.05, 0.1) is 6.61 Å². The number of rotatable bonds is 4. The highest BCUT2D eigenvalue weighted by atomic mass is 16.5. The minimum atomic E-state index is 0.433. The topological polar surface area (TPSA) is 21.3 Å². The summed E-state index contributed by atoms with van der Waals surface area (Å²) in [5, 5.41) is 3.59. The number of nitrogens with one attached hydrogen (secondary N) is 1. The molecule has 2 nitrogen and oxygen atoms in total. The smallest absolute Gasteiger partial charge is 0.0506 e. The molecule has 2 heteroatoms. The third-order valence-corrected chi connectivity index (χ3v) is 3.27. The predicted octanol–water partition coefficient (Wildman–Crippen LogP) is 2.76. The predicted molar refractivity (Wildman–Crippen MR) is 66.4 cm³/mol. The minimum Gasteiger partial charge on any atom is -0.381 e. The van der Waals surface area contributed by atoms with E-state index in [1.807, 2.05) is 0 Å². The zero-order valence-electron chi connectivity index (χ0n) is 9.99. The van der Waals surface area contributed by atoms with Crippen molar-refractivity contribution in [1.82, 2.24) is 5.32 Å². The highest BCUT2D eigenvalue weighted by Gasteiger charge is 2.14. The monoisotopic (exact) mass is 219 g/mol. The Morgan fingerprint density at radius 3 is 2.88 bits per heavy atom. The van der Waals surface area contributed by atoms with Crippen LogP contribution in [-0.4, -0.2) is 19.8 Å². The lowest BCUT2D eigenvalue weighted by atomic mass is 10.0. The van der Waals surface area contributed by atoms with Crippen LogP contribution in [0.3, 0.4) is 0 Å². The van der Waals surface area contributed by atoms with Crippen LogP contribution in [0.15, 0.2) is 30.3 Å². The molecular weight excluding hydrogens is 198 g/mol. The van der Waals surface area contributed by atoms with Gasteiger partial charge in [-0.2, -0.15) is 0 Å². The van der Waals surface area contributed by atoms with Crippen molar-refractivity contribution in [2.75, 3.05) is 19.8 Å². The maximum atomic E-state index is 5.48. The molecule has 2 rings (SSSR count). The van der Waals surface area contributed by atoms with Crippen molar-refractivity contribution in [2.24, 2.45) is 5.92 Å². The van der Waals surface area contributed by atoms with E-state index < -0.39 is 0 Å². The Bertz CT molecular complexity index is 293. The minimum absolute atomic E-state index is 0.433. The summed E-state index contributed by atoms with van der Waals surface area (Å²) in [6.45, 7) is 5.16. The van der Waals surface area contributed by atoms with Crippen molar-refractivity contribution in [3.8, 4) is 0 Å². The highest BCUT2D eigenvalue weighted by Crippen LogP contribution is 2.15. The fourth-order valence-corrected chi connectivity index (χ4v) is 2.17. The zero-order valence-corrected chi connectivity index (χ0v) is 9.99. The Balaban J connectivity index is 1.77. The summed E-state index contributed by atoms with van der Waals surface area (Å²) < 4.78 is 5.48. The van der Waals surface area contributed by atoms with Crippen LogP contribution < -0.4 is 5.32 Å². The molecule has 1 N–H and O–H groups in total. The second kappa shape index (κ2) is 6.02. The summed E-state index contributed by atoms with van der Waals surface area (Å²) >= 11 is 0. The molecule has 2 atom stereocenters.